The van der Waals surface area contributed by atoms with E-state index in [0.717, 1.165) is 12.8 Å². The molecule has 3 aromatic rings. The van der Waals surface area contributed by atoms with Crippen molar-refractivity contribution in [2.75, 3.05) is 0 Å². The molecule has 0 atom stereocenters. The Balaban J connectivity index is 0.000000282. The summed E-state index contributed by atoms with van der Waals surface area (Å²) in [7, 11) is -4.35. The zero-order chi connectivity index (χ0) is 28.7. The topological polar surface area (TPSA) is 57.2 Å². The first-order valence-electron chi connectivity index (χ1n) is 14.4. The maximum atomic E-state index is 11.2. The van der Waals surface area contributed by atoms with Crippen LogP contribution in [-0.2, 0) is 16.5 Å². The number of aryl methyl sites for hydroxylation is 5. The lowest BCUT2D eigenvalue weighted by molar-refractivity contribution is -0.597. The average Bonchev–Trinajstić information content (AvgIpc) is 2.89. The number of benzene rings is 3. The molecule has 39 heavy (non-hydrogen) atoms. The van der Waals surface area contributed by atoms with Crippen molar-refractivity contribution >= 4 is 10.1 Å². The standard InChI is InChI=1S/C18H30O3S.C16H18I/c1-2-3-4-5-6-7-8-9-10-11-14-17-15-12-13-16-18(17)22(19,20)21;1-11-5-7-15(9-13(11)3)17-16-8-6-12(2)14(4)10-16/h12-13,15-16H,2-11,14H2,1H3,(H,19,20,21);5-10H,1-4H3/q;+1/p-1. The predicted octanol–water partition coefficient (Wildman–Crippen LogP) is 6.10. The van der Waals surface area contributed by atoms with Gasteiger partial charge < -0.3 is 4.55 Å². The van der Waals surface area contributed by atoms with Crippen LogP contribution >= 0.6 is 0 Å². The van der Waals surface area contributed by atoms with Gasteiger partial charge in [-0.25, -0.2) is 8.42 Å². The number of halogens is 1. The molecule has 3 aromatic carbocycles. The monoisotopic (exact) mass is 662 g/mol. The van der Waals surface area contributed by atoms with Crippen molar-refractivity contribution in [3.63, 3.8) is 0 Å². The van der Waals surface area contributed by atoms with E-state index in [1.165, 1.54) is 86.8 Å². The van der Waals surface area contributed by atoms with Gasteiger partial charge in [-0.05, 0) is 98.7 Å². The molecular formula is C34H47IO3S. The summed E-state index contributed by atoms with van der Waals surface area (Å²) in [6.45, 7) is 11.0. The Labute approximate surface area is 248 Å². The molecule has 0 aliphatic rings. The number of hydrogen-bond donors (Lipinski definition) is 0. The van der Waals surface area contributed by atoms with Gasteiger partial charge in [0.15, 0.2) is 7.14 Å². The van der Waals surface area contributed by atoms with Crippen LogP contribution in [0.25, 0.3) is 0 Å². The minimum absolute atomic E-state index is 0.0304. The number of unbranched alkanes of at least 4 members (excludes halogenated alkanes) is 9. The third-order valence-corrected chi connectivity index (χ3v) is 10.7. The zero-order valence-electron chi connectivity index (χ0n) is 24.6. The van der Waals surface area contributed by atoms with Gasteiger partial charge in [-0.1, -0.05) is 95.0 Å². The van der Waals surface area contributed by atoms with E-state index in [1.807, 2.05) is 0 Å². The molecule has 0 spiro atoms. The van der Waals surface area contributed by atoms with Crippen molar-refractivity contribution in [2.24, 2.45) is 0 Å². The van der Waals surface area contributed by atoms with Crippen molar-refractivity contribution in [2.45, 2.75) is 110 Å². The van der Waals surface area contributed by atoms with Crippen LogP contribution in [0.5, 0.6) is 0 Å². The van der Waals surface area contributed by atoms with Gasteiger partial charge in [0.2, 0.25) is 0 Å². The first-order chi connectivity index (χ1) is 18.6. The summed E-state index contributed by atoms with van der Waals surface area (Å²) in [5.74, 6) is 0. The van der Waals surface area contributed by atoms with Crippen LogP contribution in [-0.4, -0.2) is 13.0 Å². The summed E-state index contributed by atoms with van der Waals surface area (Å²) < 4.78 is 36.6. The van der Waals surface area contributed by atoms with Crippen LogP contribution < -0.4 is 21.2 Å². The van der Waals surface area contributed by atoms with E-state index in [0.29, 0.717) is 12.0 Å². The SMILES string of the molecule is CCCCCCCCCCCCc1ccccc1S(=O)(=O)[O-].Cc1ccc([I+]c2ccc(C)c(C)c2)cc1C. The summed E-state index contributed by atoms with van der Waals surface area (Å²) in [6, 6.07) is 20.3. The fourth-order valence-corrected chi connectivity index (χ4v) is 7.83. The van der Waals surface area contributed by atoms with E-state index in [9.17, 15) is 13.0 Å². The number of hydrogen-bond acceptors (Lipinski definition) is 3. The molecule has 0 amide bonds. The zero-order valence-corrected chi connectivity index (χ0v) is 27.5. The van der Waals surface area contributed by atoms with Crippen molar-refractivity contribution < 1.29 is 34.2 Å². The Kier molecular flexibility index (Phi) is 15.4. The van der Waals surface area contributed by atoms with Crippen LogP contribution in [0.3, 0.4) is 0 Å². The minimum Gasteiger partial charge on any atom is -0.744 e. The third kappa shape index (κ3) is 13.0. The van der Waals surface area contributed by atoms with Crippen LogP contribution in [0.2, 0.25) is 0 Å². The van der Waals surface area contributed by atoms with Crippen molar-refractivity contribution in [1.29, 1.82) is 0 Å². The smallest absolute Gasteiger partial charge is 0.357 e. The molecule has 3 nitrogen and oxygen atoms in total. The summed E-state index contributed by atoms with van der Waals surface area (Å²) >= 11 is -0.0304. The van der Waals surface area contributed by atoms with Crippen molar-refractivity contribution in [1.82, 2.24) is 0 Å². The molecule has 214 valence electrons. The maximum absolute atomic E-state index is 11.2. The molecule has 0 saturated heterocycles. The first kappa shape index (κ1) is 33.5. The Bertz CT molecular complexity index is 1200. The van der Waals surface area contributed by atoms with Crippen molar-refractivity contribution in [3.8, 4) is 0 Å². The summed E-state index contributed by atoms with van der Waals surface area (Å²) in [4.78, 5) is -0.0501. The molecular weight excluding hydrogens is 615 g/mol. The Morgan fingerprint density at radius 2 is 1.08 bits per heavy atom. The van der Waals surface area contributed by atoms with Gasteiger partial charge in [-0.15, -0.1) is 0 Å². The van der Waals surface area contributed by atoms with E-state index < -0.39 is 10.1 Å². The highest BCUT2D eigenvalue weighted by Gasteiger charge is 2.16. The summed E-state index contributed by atoms with van der Waals surface area (Å²) in [6.07, 6.45) is 13.2. The second-order valence-electron chi connectivity index (χ2n) is 10.5. The number of rotatable bonds is 14. The molecule has 0 unspecified atom stereocenters. The van der Waals surface area contributed by atoms with Crippen LogP contribution in [0, 0.1) is 34.8 Å². The Morgan fingerprint density at radius 3 is 1.54 bits per heavy atom. The fraction of sp³-hybridized carbons (Fsp3) is 0.471. The molecule has 0 saturated carbocycles. The van der Waals surface area contributed by atoms with Gasteiger partial charge in [0.05, 0.1) is 4.90 Å². The van der Waals surface area contributed by atoms with Gasteiger partial charge >= 0.3 is 21.2 Å². The van der Waals surface area contributed by atoms with Crippen LogP contribution in [0.15, 0.2) is 65.6 Å². The molecule has 0 N–H and O–H groups in total. The van der Waals surface area contributed by atoms with E-state index in [4.69, 9.17) is 0 Å². The Morgan fingerprint density at radius 1 is 0.615 bits per heavy atom. The molecule has 0 aliphatic carbocycles. The molecule has 0 radical (unpaired) electrons. The third-order valence-electron chi connectivity index (χ3n) is 7.20. The molecule has 5 heteroatoms. The van der Waals surface area contributed by atoms with E-state index in [2.05, 4.69) is 71.0 Å². The molecule has 0 bridgehead atoms. The second-order valence-corrected chi connectivity index (χ2v) is 14.9. The average molecular weight is 663 g/mol. The van der Waals surface area contributed by atoms with E-state index >= 15 is 0 Å². The highest BCUT2D eigenvalue weighted by molar-refractivity contribution is 7.85. The van der Waals surface area contributed by atoms with Gasteiger partial charge in [0.25, 0.3) is 0 Å². The molecule has 0 fully saturated rings. The van der Waals surface area contributed by atoms with Gasteiger partial charge in [-0.2, -0.15) is 0 Å². The van der Waals surface area contributed by atoms with Crippen LogP contribution in [0.1, 0.15) is 98.9 Å². The Hall–Kier alpha value is -1.70. The normalized spacial score (nSPS) is 11.2. The quantitative estimate of drug-likeness (QED) is 0.119. The lowest BCUT2D eigenvalue weighted by Gasteiger charge is -2.12. The molecule has 0 aromatic heterocycles. The molecule has 3 rings (SSSR count). The van der Waals surface area contributed by atoms with E-state index in [1.54, 1.807) is 18.2 Å². The second kappa shape index (κ2) is 17.9. The maximum Gasteiger partial charge on any atom is 0.357 e. The fourth-order valence-electron chi connectivity index (χ4n) is 4.41. The predicted molar refractivity (Wildman–Crippen MR) is 159 cm³/mol. The van der Waals surface area contributed by atoms with Gasteiger partial charge in [-0.3, -0.25) is 0 Å². The van der Waals surface area contributed by atoms with Gasteiger partial charge in [0, 0.05) is 0 Å². The molecule has 0 aliphatic heterocycles. The lowest BCUT2D eigenvalue weighted by atomic mass is 10.0. The summed E-state index contributed by atoms with van der Waals surface area (Å²) in [5.41, 5.74) is 6.25. The minimum atomic E-state index is -4.35. The first-order valence-corrected chi connectivity index (χ1v) is 18.0. The molecule has 0 heterocycles. The van der Waals surface area contributed by atoms with Gasteiger partial charge in [0.1, 0.15) is 10.1 Å². The van der Waals surface area contributed by atoms with Crippen molar-refractivity contribution in [3.05, 3.63) is 95.6 Å². The van der Waals surface area contributed by atoms with E-state index in [-0.39, 0.29) is 26.1 Å². The lowest BCUT2D eigenvalue weighted by Crippen LogP contribution is -3.61. The van der Waals surface area contributed by atoms with Crippen LogP contribution in [0.4, 0.5) is 0 Å². The largest absolute Gasteiger partial charge is 0.744 e. The highest BCUT2D eigenvalue weighted by atomic mass is 127. The summed E-state index contributed by atoms with van der Waals surface area (Å²) in [5, 5.41) is 0. The highest BCUT2D eigenvalue weighted by Crippen LogP contribution is 2.18.